The van der Waals surface area contributed by atoms with Gasteiger partial charge in [-0.15, -0.1) is 0 Å². The van der Waals surface area contributed by atoms with Crippen molar-refractivity contribution < 1.29 is 4.79 Å². The van der Waals surface area contributed by atoms with E-state index in [2.05, 4.69) is 39.1 Å². The first kappa shape index (κ1) is 15.7. The van der Waals surface area contributed by atoms with Gasteiger partial charge in [0.2, 0.25) is 5.91 Å². The van der Waals surface area contributed by atoms with Gasteiger partial charge < -0.3 is 9.88 Å². The molecular weight excluding hydrogens is 288 g/mol. The Hall–Kier alpha value is -2.14. The summed E-state index contributed by atoms with van der Waals surface area (Å²) in [5, 5.41) is 0. The molecule has 0 saturated carbocycles. The second-order valence-electron chi connectivity index (χ2n) is 6.26. The maximum absolute atomic E-state index is 12.6. The molecule has 0 spiro atoms. The normalized spacial score (nSPS) is 17.2. The number of H-pyrrole nitrogens is 1. The zero-order valence-electron chi connectivity index (χ0n) is 13.8. The summed E-state index contributed by atoms with van der Waals surface area (Å²) in [6.07, 6.45) is 1.77. The van der Waals surface area contributed by atoms with Gasteiger partial charge in [0, 0.05) is 44.6 Å². The Balaban J connectivity index is 1.53. The molecule has 3 rings (SSSR count). The van der Waals surface area contributed by atoms with Crippen LogP contribution in [0.4, 0.5) is 0 Å². The number of nitrogens with one attached hydrogen (secondary N) is 1. The van der Waals surface area contributed by atoms with Crippen LogP contribution in [-0.2, 0) is 11.3 Å². The molecule has 1 aliphatic rings. The van der Waals surface area contributed by atoms with Gasteiger partial charge in [-0.1, -0.05) is 30.3 Å². The zero-order valence-corrected chi connectivity index (χ0v) is 13.8. The molecule has 0 aliphatic carbocycles. The number of hydrogen-bond donors (Lipinski definition) is 1. The second-order valence-corrected chi connectivity index (χ2v) is 6.26. The number of amides is 1. The van der Waals surface area contributed by atoms with Gasteiger partial charge in [-0.25, -0.2) is 4.98 Å². The second kappa shape index (κ2) is 6.96. The number of aromatic nitrogens is 2. The quantitative estimate of drug-likeness (QED) is 0.941. The molecule has 1 aromatic heterocycles. The molecule has 1 atom stereocenters. The third-order valence-corrected chi connectivity index (χ3v) is 4.44. The van der Waals surface area contributed by atoms with Gasteiger partial charge in [0.15, 0.2) is 0 Å². The molecule has 1 aliphatic heterocycles. The van der Waals surface area contributed by atoms with Gasteiger partial charge in [-0.05, 0) is 19.4 Å². The predicted octanol–water partition coefficient (Wildman–Crippen LogP) is 2.17. The molecule has 0 radical (unpaired) electrons. The van der Waals surface area contributed by atoms with Crippen molar-refractivity contribution in [3.8, 4) is 0 Å². The Bertz CT molecular complexity index is 644. The van der Waals surface area contributed by atoms with Crippen molar-refractivity contribution >= 4 is 5.91 Å². The van der Waals surface area contributed by atoms with E-state index in [1.165, 1.54) is 5.56 Å². The highest BCUT2D eigenvalue weighted by Crippen LogP contribution is 2.17. The smallest absolute Gasteiger partial charge is 0.233 e. The highest BCUT2D eigenvalue weighted by molar-refractivity contribution is 5.82. The number of benzene rings is 1. The van der Waals surface area contributed by atoms with Crippen LogP contribution in [-0.4, -0.2) is 51.9 Å². The Morgan fingerprint density at radius 2 is 1.91 bits per heavy atom. The summed E-state index contributed by atoms with van der Waals surface area (Å²) in [6, 6.07) is 10.5. The van der Waals surface area contributed by atoms with Gasteiger partial charge in [0.05, 0.1) is 5.92 Å². The van der Waals surface area contributed by atoms with E-state index in [0.29, 0.717) is 0 Å². The van der Waals surface area contributed by atoms with Crippen LogP contribution in [0, 0.1) is 6.92 Å². The monoisotopic (exact) mass is 312 g/mol. The van der Waals surface area contributed by atoms with Gasteiger partial charge in [-0.2, -0.15) is 0 Å². The Labute approximate surface area is 137 Å². The van der Waals surface area contributed by atoms with Crippen molar-refractivity contribution in [1.82, 2.24) is 19.8 Å². The molecule has 23 heavy (non-hydrogen) atoms. The van der Waals surface area contributed by atoms with E-state index < -0.39 is 0 Å². The fourth-order valence-electron chi connectivity index (χ4n) is 3.01. The first-order valence-electron chi connectivity index (χ1n) is 8.20. The molecule has 5 nitrogen and oxygen atoms in total. The van der Waals surface area contributed by atoms with Crippen LogP contribution < -0.4 is 0 Å². The molecule has 122 valence electrons. The van der Waals surface area contributed by atoms with E-state index in [4.69, 9.17) is 0 Å². The topological polar surface area (TPSA) is 52.2 Å². The van der Waals surface area contributed by atoms with Crippen molar-refractivity contribution in [2.45, 2.75) is 26.3 Å². The fourth-order valence-corrected chi connectivity index (χ4v) is 3.01. The number of carbonyl (C=O) groups is 1. The maximum Gasteiger partial charge on any atom is 0.233 e. The summed E-state index contributed by atoms with van der Waals surface area (Å²) in [5.41, 5.74) is 2.32. The first-order valence-corrected chi connectivity index (χ1v) is 8.20. The zero-order chi connectivity index (χ0) is 16.2. The molecule has 5 heteroatoms. The molecule has 2 aromatic rings. The average Bonchev–Trinajstić information content (AvgIpc) is 3.02. The number of hydrogen-bond acceptors (Lipinski definition) is 3. The van der Waals surface area contributed by atoms with Gasteiger partial charge >= 0.3 is 0 Å². The van der Waals surface area contributed by atoms with Gasteiger partial charge in [-0.3, -0.25) is 9.69 Å². The lowest BCUT2D eigenvalue weighted by atomic mass is 10.1. The van der Waals surface area contributed by atoms with Crippen molar-refractivity contribution in [1.29, 1.82) is 0 Å². The minimum atomic E-state index is -0.204. The summed E-state index contributed by atoms with van der Waals surface area (Å²) < 4.78 is 0. The van der Waals surface area contributed by atoms with Crippen LogP contribution in [0.5, 0.6) is 0 Å². The highest BCUT2D eigenvalue weighted by Gasteiger charge is 2.27. The van der Waals surface area contributed by atoms with E-state index in [-0.39, 0.29) is 11.8 Å². The Morgan fingerprint density at radius 1 is 1.22 bits per heavy atom. The summed E-state index contributed by atoms with van der Waals surface area (Å²) in [4.78, 5) is 24.4. The van der Waals surface area contributed by atoms with E-state index >= 15 is 0 Å². The van der Waals surface area contributed by atoms with E-state index in [1.54, 1.807) is 6.20 Å². The molecule has 1 aromatic carbocycles. The lowest BCUT2D eigenvalue weighted by molar-refractivity contribution is -0.134. The number of nitrogens with zero attached hydrogens (tertiary/aromatic N) is 3. The van der Waals surface area contributed by atoms with Crippen molar-refractivity contribution in [3.05, 3.63) is 53.6 Å². The maximum atomic E-state index is 12.6. The van der Waals surface area contributed by atoms with E-state index in [1.807, 2.05) is 24.8 Å². The third-order valence-electron chi connectivity index (χ3n) is 4.44. The van der Waals surface area contributed by atoms with Crippen LogP contribution >= 0.6 is 0 Å². The van der Waals surface area contributed by atoms with Crippen molar-refractivity contribution in [2.24, 2.45) is 0 Å². The highest BCUT2D eigenvalue weighted by atomic mass is 16.2. The van der Waals surface area contributed by atoms with Gasteiger partial charge in [0.1, 0.15) is 5.82 Å². The Kier molecular flexibility index (Phi) is 4.76. The first-order chi connectivity index (χ1) is 11.1. The lowest BCUT2D eigenvalue weighted by Crippen LogP contribution is -2.49. The Morgan fingerprint density at radius 3 is 2.52 bits per heavy atom. The number of piperazine rings is 1. The summed E-state index contributed by atoms with van der Waals surface area (Å²) in [7, 11) is 0. The molecular formula is C18H24N4O. The fraction of sp³-hybridized carbons (Fsp3) is 0.444. The molecule has 0 bridgehead atoms. The predicted molar refractivity (Wildman–Crippen MR) is 90.0 cm³/mol. The van der Waals surface area contributed by atoms with Crippen LogP contribution in [0.3, 0.4) is 0 Å². The van der Waals surface area contributed by atoms with Crippen molar-refractivity contribution in [2.75, 3.05) is 26.2 Å². The minimum Gasteiger partial charge on any atom is -0.345 e. The summed E-state index contributed by atoms with van der Waals surface area (Å²) >= 11 is 0. The van der Waals surface area contributed by atoms with Crippen LogP contribution in [0.25, 0.3) is 0 Å². The molecule has 2 heterocycles. The summed E-state index contributed by atoms with van der Waals surface area (Å²) in [6.45, 7) is 8.25. The number of aryl methyl sites for hydroxylation is 1. The van der Waals surface area contributed by atoms with Crippen LogP contribution in [0.1, 0.15) is 29.9 Å². The molecule has 1 saturated heterocycles. The lowest BCUT2D eigenvalue weighted by Gasteiger charge is -2.35. The van der Waals surface area contributed by atoms with E-state index in [0.717, 1.165) is 44.2 Å². The van der Waals surface area contributed by atoms with E-state index in [9.17, 15) is 4.79 Å². The number of carbonyl (C=O) groups excluding carboxylic acids is 1. The number of aromatic amines is 1. The molecule has 1 unspecified atom stereocenters. The van der Waals surface area contributed by atoms with Crippen LogP contribution in [0.2, 0.25) is 0 Å². The molecule has 1 fully saturated rings. The number of imidazole rings is 1. The molecule has 1 N–H and O–H groups in total. The SMILES string of the molecule is Cc1cnc(C(C)C(=O)N2CCN(Cc3ccccc3)CC2)[nH]1. The summed E-state index contributed by atoms with van der Waals surface area (Å²) in [5.74, 6) is 0.724. The van der Waals surface area contributed by atoms with Crippen LogP contribution in [0.15, 0.2) is 36.5 Å². The minimum absolute atomic E-state index is 0.165. The average molecular weight is 312 g/mol. The van der Waals surface area contributed by atoms with Gasteiger partial charge in [0.25, 0.3) is 0 Å². The number of rotatable bonds is 4. The third kappa shape index (κ3) is 3.79. The largest absolute Gasteiger partial charge is 0.345 e. The molecule has 1 amide bonds. The van der Waals surface area contributed by atoms with Crippen molar-refractivity contribution in [3.63, 3.8) is 0 Å². The standard InChI is InChI=1S/C18H24N4O/c1-14-12-19-17(20-14)15(2)18(23)22-10-8-21(9-11-22)13-16-6-4-3-5-7-16/h3-7,12,15H,8-11,13H2,1-2H3,(H,19,20).